The topological polar surface area (TPSA) is 109 Å². The lowest BCUT2D eigenvalue weighted by molar-refractivity contribution is -0.132. The van der Waals surface area contributed by atoms with Gasteiger partial charge in [-0.3, -0.25) is 4.57 Å². The second kappa shape index (κ2) is 12.6. The fourth-order valence-electron chi connectivity index (χ4n) is 3.98. The maximum Gasteiger partial charge on any atom is 0.340 e. The van der Waals surface area contributed by atoms with E-state index in [1.54, 1.807) is 60.3 Å². The number of aryl methyl sites for hydroxylation is 1. The Labute approximate surface area is 216 Å². The Morgan fingerprint density at radius 3 is 2.38 bits per heavy atom. The minimum atomic E-state index is -1.07. The Kier molecular flexibility index (Phi) is 9.32. The lowest BCUT2D eigenvalue weighted by Gasteiger charge is -2.16. The van der Waals surface area contributed by atoms with E-state index >= 15 is 0 Å². The summed E-state index contributed by atoms with van der Waals surface area (Å²) in [7, 11) is 5.89. The molecular weight excluding hydrogens is 476 g/mol. The Morgan fingerprint density at radius 1 is 1.00 bits per heavy atom. The molecule has 0 saturated heterocycles. The summed E-state index contributed by atoms with van der Waals surface area (Å²) >= 11 is 0. The minimum Gasteiger partial charge on any atom is -0.497 e. The van der Waals surface area contributed by atoms with Crippen LogP contribution in [0.15, 0.2) is 48.2 Å². The average molecular weight is 509 g/mol. The fraction of sp³-hybridized carbons (Fsp3) is 0.321. The molecule has 0 atom stereocenters. The number of ether oxygens (including phenoxy) is 4. The summed E-state index contributed by atoms with van der Waals surface area (Å²) in [5, 5.41) is 10.0. The standard InChI is InChI=1S/C28H32N2O7/c1-6-7-8-26-29-17-20(30(26)23-11-10-21(34-2)16-22(23)28(33)37-5)15-19(27(31)32)13-18-9-12-24(35-3)25(14-18)36-4/h9-12,14-17H,6-8,13H2,1-5H3,(H,31,32). The molecule has 0 saturated carbocycles. The lowest BCUT2D eigenvalue weighted by Crippen LogP contribution is -2.12. The second-order valence-corrected chi connectivity index (χ2v) is 8.25. The quantitative estimate of drug-likeness (QED) is 0.276. The zero-order chi connectivity index (χ0) is 26.9. The summed E-state index contributed by atoms with van der Waals surface area (Å²) in [5.41, 5.74) is 2.22. The number of methoxy groups -OCH3 is 4. The van der Waals surface area contributed by atoms with Crippen molar-refractivity contribution in [3.63, 3.8) is 0 Å². The van der Waals surface area contributed by atoms with E-state index in [2.05, 4.69) is 11.9 Å². The van der Waals surface area contributed by atoms with Crippen LogP contribution in [0.1, 0.15) is 47.2 Å². The van der Waals surface area contributed by atoms with Gasteiger partial charge in [0.05, 0.1) is 51.6 Å². The van der Waals surface area contributed by atoms with Crippen LogP contribution in [-0.2, 0) is 22.4 Å². The summed E-state index contributed by atoms with van der Waals surface area (Å²) in [5.74, 6) is 0.664. The van der Waals surface area contributed by atoms with Gasteiger partial charge in [0.2, 0.25) is 0 Å². The number of benzene rings is 2. The van der Waals surface area contributed by atoms with Crippen molar-refractivity contribution in [1.82, 2.24) is 9.55 Å². The van der Waals surface area contributed by atoms with Crippen molar-refractivity contribution in [2.75, 3.05) is 28.4 Å². The molecule has 2 aromatic carbocycles. The SMILES string of the molecule is CCCCc1ncc(C=C(Cc2ccc(OC)c(OC)c2)C(=O)O)n1-c1ccc(OC)cc1C(=O)OC. The number of carboxylic acids is 1. The zero-order valence-corrected chi connectivity index (χ0v) is 21.7. The molecule has 1 heterocycles. The van der Waals surface area contributed by atoms with Crippen LogP contribution in [-0.4, -0.2) is 55.0 Å². The number of rotatable bonds is 12. The van der Waals surface area contributed by atoms with E-state index in [1.165, 1.54) is 21.3 Å². The lowest BCUT2D eigenvalue weighted by atomic mass is 10.0. The van der Waals surface area contributed by atoms with E-state index in [-0.39, 0.29) is 17.6 Å². The third kappa shape index (κ3) is 6.30. The fourth-order valence-corrected chi connectivity index (χ4v) is 3.98. The average Bonchev–Trinajstić information content (AvgIpc) is 3.32. The van der Waals surface area contributed by atoms with Gasteiger partial charge in [-0.15, -0.1) is 0 Å². The first-order valence-electron chi connectivity index (χ1n) is 11.8. The molecule has 0 bridgehead atoms. The number of nitrogens with zero attached hydrogens (tertiary/aromatic N) is 2. The summed E-state index contributed by atoms with van der Waals surface area (Å²) in [4.78, 5) is 29.5. The smallest absolute Gasteiger partial charge is 0.340 e. The van der Waals surface area contributed by atoms with Gasteiger partial charge >= 0.3 is 11.9 Å². The van der Waals surface area contributed by atoms with Crippen LogP contribution in [0, 0.1) is 0 Å². The molecule has 3 rings (SSSR count). The van der Waals surface area contributed by atoms with Crippen molar-refractivity contribution in [1.29, 1.82) is 0 Å². The highest BCUT2D eigenvalue weighted by molar-refractivity contribution is 5.95. The number of esters is 1. The van der Waals surface area contributed by atoms with E-state index in [9.17, 15) is 14.7 Å². The molecular formula is C28H32N2O7. The van der Waals surface area contributed by atoms with Crippen LogP contribution in [0.4, 0.5) is 0 Å². The molecule has 37 heavy (non-hydrogen) atoms. The maximum absolute atomic E-state index is 12.7. The van der Waals surface area contributed by atoms with Gasteiger partial charge in [-0.05, 0) is 48.4 Å². The Hall–Kier alpha value is -4.27. The van der Waals surface area contributed by atoms with E-state index in [0.29, 0.717) is 40.9 Å². The highest BCUT2D eigenvalue weighted by Gasteiger charge is 2.21. The Morgan fingerprint density at radius 2 is 1.76 bits per heavy atom. The molecule has 0 unspecified atom stereocenters. The van der Waals surface area contributed by atoms with Crippen LogP contribution in [0.3, 0.4) is 0 Å². The number of aliphatic carboxylic acids is 1. The van der Waals surface area contributed by atoms with E-state index < -0.39 is 11.9 Å². The van der Waals surface area contributed by atoms with Gasteiger partial charge in [-0.25, -0.2) is 14.6 Å². The third-order valence-electron chi connectivity index (χ3n) is 5.91. The molecule has 0 amide bonds. The van der Waals surface area contributed by atoms with Crippen molar-refractivity contribution in [2.45, 2.75) is 32.6 Å². The number of carbonyl (C=O) groups excluding carboxylic acids is 1. The predicted molar refractivity (Wildman–Crippen MR) is 139 cm³/mol. The Bertz CT molecular complexity index is 1290. The highest BCUT2D eigenvalue weighted by Crippen LogP contribution is 2.30. The number of hydrogen-bond donors (Lipinski definition) is 1. The summed E-state index contributed by atoms with van der Waals surface area (Å²) in [6.07, 6.45) is 5.80. The van der Waals surface area contributed by atoms with Crippen molar-refractivity contribution in [3.05, 3.63) is 70.8 Å². The number of unbranched alkanes of at least 4 members (excludes halogenated alkanes) is 1. The normalized spacial score (nSPS) is 11.2. The first-order valence-corrected chi connectivity index (χ1v) is 11.8. The van der Waals surface area contributed by atoms with Crippen molar-refractivity contribution in [2.24, 2.45) is 0 Å². The molecule has 1 N–H and O–H groups in total. The predicted octanol–water partition coefficient (Wildman–Crippen LogP) is 4.74. The molecule has 9 nitrogen and oxygen atoms in total. The minimum absolute atomic E-state index is 0.137. The molecule has 9 heteroatoms. The number of carbonyl (C=O) groups is 2. The second-order valence-electron chi connectivity index (χ2n) is 8.25. The van der Waals surface area contributed by atoms with Gasteiger partial charge in [0, 0.05) is 18.4 Å². The number of aromatic nitrogens is 2. The van der Waals surface area contributed by atoms with Crippen LogP contribution >= 0.6 is 0 Å². The van der Waals surface area contributed by atoms with Gasteiger partial charge in [0.25, 0.3) is 0 Å². The summed E-state index contributed by atoms with van der Waals surface area (Å²) in [6, 6.07) is 10.4. The number of carboxylic acid groups (broad SMARTS) is 1. The Balaban J connectivity index is 2.15. The third-order valence-corrected chi connectivity index (χ3v) is 5.91. The summed E-state index contributed by atoms with van der Waals surface area (Å²) < 4.78 is 22.8. The van der Waals surface area contributed by atoms with Gasteiger partial charge in [-0.2, -0.15) is 0 Å². The van der Waals surface area contributed by atoms with Gasteiger partial charge in [-0.1, -0.05) is 19.4 Å². The van der Waals surface area contributed by atoms with E-state index in [0.717, 1.165) is 18.4 Å². The van der Waals surface area contributed by atoms with Crippen LogP contribution in [0.5, 0.6) is 17.2 Å². The van der Waals surface area contributed by atoms with Crippen LogP contribution in [0.25, 0.3) is 11.8 Å². The molecule has 196 valence electrons. The van der Waals surface area contributed by atoms with Gasteiger partial charge in [0.1, 0.15) is 11.6 Å². The molecule has 0 aliphatic carbocycles. The van der Waals surface area contributed by atoms with E-state index in [4.69, 9.17) is 18.9 Å². The van der Waals surface area contributed by atoms with Crippen molar-refractivity contribution < 1.29 is 33.6 Å². The molecule has 0 radical (unpaired) electrons. The van der Waals surface area contributed by atoms with Gasteiger partial charge in [0.15, 0.2) is 11.5 Å². The monoisotopic (exact) mass is 508 g/mol. The highest BCUT2D eigenvalue weighted by atomic mass is 16.5. The molecule has 1 aromatic heterocycles. The molecule has 0 aliphatic heterocycles. The van der Waals surface area contributed by atoms with Crippen molar-refractivity contribution in [3.8, 4) is 22.9 Å². The first kappa shape index (κ1) is 27.3. The van der Waals surface area contributed by atoms with Gasteiger partial charge < -0.3 is 24.1 Å². The summed E-state index contributed by atoms with van der Waals surface area (Å²) in [6.45, 7) is 2.08. The number of imidazole rings is 1. The molecule has 3 aromatic rings. The van der Waals surface area contributed by atoms with E-state index in [1.807, 2.05) is 0 Å². The largest absolute Gasteiger partial charge is 0.497 e. The van der Waals surface area contributed by atoms with Crippen LogP contribution in [0.2, 0.25) is 0 Å². The maximum atomic E-state index is 12.7. The molecule has 0 fully saturated rings. The first-order chi connectivity index (χ1) is 17.9. The van der Waals surface area contributed by atoms with Crippen LogP contribution < -0.4 is 14.2 Å². The molecule has 0 spiro atoms. The zero-order valence-electron chi connectivity index (χ0n) is 21.7. The van der Waals surface area contributed by atoms with Crippen molar-refractivity contribution >= 4 is 18.0 Å². The number of hydrogen-bond acceptors (Lipinski definition) is 7. The molecule has 0 aliphatic rings.